The van der Waals surface area contributed by atoms with Crippen molar-refractivity contribution in [2.75, 3.05) is 5.21 Å². The summed E-state index contributed by atoms with van der Waals surface area (Å²) in [6.45, 7) is 3.64. The normalized spacial score (nSPS) is 12.1. The minimum Gasteiger partial charge on any atom is -0.276 e. The van der Waals surface area contributed by atoms with Crippen LogP contribution in [0.15, 0.2) is 17.3 Å². The van der Waals surface area contributed by atoms with Crippen LogP contribution >= 0.6 is 11.6 Å². The molecule has 5 nitrogen and oxygen atoms in total. The first-order valence-electron chi connectivity index (χ1n) is 3.99. The first kappa shape index (κ1) is 10.4. The fourth-order valence-corrected chi connectivity index (χ4v) is 2.21. The van der Waals surface area contributed by atoms with Gasteiger partial charge in [-0.05, 0) is 13.0 Å². The van der Waals surface area contributed by atoms with E-state index in [1.54, 1.807) is 0 Å². The number of aromatic nitrogens is 3. The van der Waals surface area contributed by atoms with Gasteiger partial charge in [0.05, 0.1) is 17.4 Å². The Hall–Kier alpha value is -1.14. The highest BCUT2D eigenvalue weighted by atomic mass is 35.5. The summed E-state index contributed by atoms with van der Waals surface area (Å²) < 4.78 is 22.9. The molecule has 0 aliphatic carbocycles. The number of hydrogen-bond donors (Lipinski definition) is 1. The lowest BCUT2D eigenvalue weighted by Crippen LogP contribution is -2.05. The van der Waals surface area contributed by atoms with E-state index in [0.29, 0.717) is 16.6 Å². The lowest BCUT2D eigenvalue weighted by Gasteiger charge is -2.01. The molecule has 0 atom stereocenters. The molecule has 1 N–H and O–H groups in total. The second-order valence-corrected chi connectivity index (χ2v) is 5.49. The van der Waals surface area contributed by atoms with E-state index in [1.165, 1.54) is 12.3 Å². The van der Waals surface area contributed by atoms with Crippen LogP contribution in [0.25, 0.3) is 10.9 Å². The number of aromatic amines is 1. The van der Waals surface area contributed by atoms with Gasteiger partial charge in [-0.2, -0.15) is 5.10 Å². The van der Waals surface area contributed by atoms with Gasteiger partial charge in [-0.25, -0.2) is 13.4 Å². The van der Waals surface area contributed by atoms with E-state index in [2.05, 4.69) is 22.1 Å². The third-order valence-electron chi connectivity index (χ3n) is 1.94. The number of nitrogens with one attached hydrogen (secondary N) is 1. The van der Waals surface area contributed by atoms with Crippen molar-refractivity contribution in [3.63, 3.8) is 0 Å². The number of alkyl halides is 1. The number of pyridine rings is 1. The van der Waals surface area contributed by atoms with E-state index in [1.807, 2.05) is 0 Å². The highest BCUT2D eigenvalue weighted by Crippen LogP contribution is 2.19. The predicted octanol–water partition coefficient (Wildman–Crippen LogP) is 1.11. The van der Waals surface area contributed by atoms with Crippen molar-refractivity contribution in [2.24, 2.45) is 0 Å². The van der Waals surface area contributed by atoms with E-state index >= 15 is 0 Å². The van der Waals surface area contributed by atoms with Gasteiger partial charge in [0.2, 0.25) is 9.84 Å². The lowest BCUT2D eigenvalue weighted by molar-refractivity contribution is 0.597. The summed E-state index contributed by atoms with van der Waals surface area (Å²) in [7, 11) is -3.52. The fourth-order valence-electron chi connectivity index (χ4n) is 1.21. The van der Waals surface area contributed by atoms with Crippen LogP contribution in [0.2, 0.25) is 0 Å². The van der Waals surface area contributed by atoms with Crippen molar-refractivity contribution in [1.29, 1.82) is 0 Å². The molecule has 0 spiro atoms. The summed E-state index contributed by atoms with van der Waals surface area (Å²) in [5, 5.41) is 6.54. The summed E-state index contributed by atoms with van der Waals surface area (Å²) in [4.78, 5) is 3.86. The van der Waals surface area contributed by atoms with E-state index in [4.69, 9.17) is 11.6 Å². The van der Waals surface area contributed by atoms with Crippen molar-refractivity contribution in [2.45, 2.75) is 5.03 Å². The minimum absolute atomic E-state index is 0.0728. The van der Waals surface area contributed by atoms with E-state index in [-0.39, 0.29) is 5.03 Å². The molecule has 0 amide bonds. The Bertz CT molecular complexity index is 605. The zero-order valence-electron chi connectivity index (χ0n) is 7.57. The van der Waals surface area contributed by atoms with Crippen molar-refractivity contribution >= 4 is 32.3 Å². The van der Waals surface area contributed by atoms with Crippen LogP contribution in [-0.4, -0.2) is 28.8 Å². The van der Waals surface area contributed by atoms with Crippen LogP contribution in [0.4, 0.5) is 0 Å². The number of sulfone groups is 1. The van der Waals surface area contributed by atoms with Gasteiger partial charge in [0, 0.05) is 5.39 Å². The van der Waals surface area contributed by atoms with Gasteiger partial charge in [0.25, 0.3) is 0 Å². The molecular weight excluding hydrogens is 238 g/mol. The molecule has 2 rings (SSSR count). The van der Waals surface area contributed by atoms with Crippen molar-refractivity contribution in [3.05, 3.63) is 24.9 Å². The molecule has 0 fully saturated rings. The Morgan fingerprint density at radius 2 is 2.27 bits per heavy atom. The van der Waals surface area contributed by atoms with Crippen LogP contribution in [0.3, 0.4) is 0 Å². The molecule has 7 heteroatoms. The smallest absolute Gasteiger partial charge is 0.209 e. The molecule has 2 heterocycles. The quantitative estimate of drug-likeness (QED) is 0.803. The Balaban J connectivity index is 2.75. The van der Waals surface area contributed by atoms with Gasteiger partial charge >= 0.3 is 0 Å². The molecular formula is C8H7ClN3O2S. The number of rotatable bonds is 2. The number of nitrogens with zero attached hydrogens (tertiary/aromatic N) is 2. The summed E-state index contributed by atoms with van der Waals surface area (Å²) in [5.41, 5.74) is 0.970. The summed E-state index contributed by atoms with van der Waals surface area (Å²) in [6.07, 6.45) is 1.51. The van der Waals surface area contributed by atoms with Crippen molar-refractivity contribution in [1.82, 2.24) is 15.2 Å². The number of halogens is 1. The largest absolute Gasteiger partial charge is 0.276 e. The van der Waals surface area contributed by atoms with E-state index < -0.39 is 15.0 Å². The van der Waals surface area contributed by atoms with Gasteiger partial charge < -0.3 is 0 Å². The Morgan fingerprint density at radius 3 is 2.93 bits per heavy atom. The van der Waals surface area contributed by atoms with Crippen LogP contribution < -0.4 is 0 Å². The van der Waals surface area contributed by atoms with Gasteiger partial charge in [-0.3, -0.25) is 5.10 Å². The van der Waals surface area contributed by atoms with Crippen LogP contribution in [0.5, 0.6) is 0 Å². The topological polar surface area (TPSA) is 75.7 Å². The van der Waals surface area contributed by atoms with Crippen LogP contribution in [0.1, 0.15) is 5.69 Å². The average Bonchev–Trinajstić information content (AvgIpc) is 2.66. The lowest BCUT2D eigenvalue weighted by atomic mass is 10.3. The molecule has 79 valence electrons. The third-order valence-corrected chi connectivity index (χ3v) is 3.94. The molecule has 2 aromatic heterocycles. The summed E-state index contributed by atoms with van der Waals surface area (Å²) >= 11 is 5.33. The number of fused-ring (bicyclic) bond motifs is 1. The average molecular weight is 245 g/mol. The van der Waals surface area contributed by atoms with Gasteiger partial charge in [-0.15, -0.1) is 11.6 Å². The second kappa shape index (κ2) is 3.46. The molecule has 0 saturated heterocycles. The van der Waals surface area contributed by atoms with E-state index in [9.17, 15) is 8.42 Å². The molecule has 0 bridgehead atoms. The summed E-state index contributed by atoms with van der Waals surface area (Å²) in [6, 6.07) is 1.42. The number of hydrogen-bond acceptors (Lipinski definition) is 4. The fraction of sp³-hybridized carbons (Fsp3) is 0.125. The predicted molar refractivity (Wildman–Crippen MR) is 56.3 cm³/mol. The molecule has 2 aromatic rings. The Morgan fingerprint density at radius 1 is 1.53 bits per heavy atom. The third kappa shape index (κ3) is 1.70. The highest BCUT2D eigenvalue weighted by Gasteiger charge is 2.16. The summed E-state index contributed by atoms with van der Waals surface area (Å²) in [5.74, 6) is 0. The number of H-pyrrole nitrogens is 1. The maximum Gasteiger partial charge on any atom is 0.209 e. The Labute approximate surface area is 91.4 Å². The highest BCUT2D eigenvalue weighted by molar-refractivity contribution is 7.92. The van der Waals surface area contributed by atoms with Crippen LogP contribution in [0, 0.1) is 6.92 Å². The van der Waals surface area contributed by atoms with Gasteiger partial charge in [-0.1, -0.05) is 0 Å². The molecule has 0 unspecified atom stereocenters. The molecule has 1 radical (unpaired) electrons. The van der Waals surface area contributed by atoms with E-state index in [0.717, 1.165) is 0 Å². The molecule has 0 aromatic carbocycles. The maximum absolute atomic E-state index is 11.5. The first-order chi connectivity index (χ1) is 7.04. The molecule has 15 heavy (non-hydrogen) atoms. The monoisotopic (exact) mass is 244 g/mol. The zero-order chi connectivity index (χ0) is 11.1. The van der Waals surface area contributed by atoms with Crippen molar-refractivity contribution < 1.29 is 8.42 Å². The minimum atomic E-state index is -3.52. The second-order valence-electron chi connectivity index (χ2n) is 2.97. The Kier molecular flexibility index (Phi) is 2.40. The van der Waals surface area contributed by atoms with Gasteiger partial charge in [0.1, 0.15) is 5.21 Å². The SMILES string of the molecule is [CH2]c1nc(S(=O)(=O)CCl)cc2cn[nH]c12. The molecule has 0 saturated carbocycles. The van der Waals surface area contributed by atoms with Gasteiger partial charge in [0.15, 0.2) is 5.03 Å². The van der Waals surface area contributed by atoms with Crippen LogP contribution in [-0.2, 0) is 9.84 Å². The van der Waals surface area contributed by atoms with Crippen molar-refractivity contribution in [3.8, 4) is 0 Å². The maximum atomic E-state index is 11.5. The molecule has 0 aliphatic heterocycles. The first-order valence-corrected chi connectivity index (χ1v) is 6.18. The zero-order valence-corrected chi connectivity index (χ0v) is 9.14. The molecule has 0 aliphatic rings. The standard InChI is InChI=1S/C8H7ClN3O2S/c1-5-8-6(3-10-12-8)2-7(11-5)15(13,14)4-9/h2-3H,1,4H2,(H,10,12).